The fraction of sp³-hybridized carbons (Fsp3) is 0.389. The number of nitrogens with zero attached hydrogens (tertiary/aromatic N) is 4. The van der Waals surface area contributed by atoms with Gasteiger partial charge in [-0.2, -0.15) is 0 Å². The molecule has 136 valence electrons. The first-order valence-corrected chi connectivity index (χ1v) is 8.39. The number of anilines is 1. The Kier molecular flexibility index (Phi) is 4.83. The Bertz CT molecular complexity index is 873. The molecule has 0 spiro atoms. The van der Waals surface area contributed by atoms with Gasteiger partial charge in [0.1, 0.15) is 6.33 Å². The van der Waals surface area contributed by atoms with Crippen molar-refractivity contribution in [1.82, 2.24) is 20.2 Å². The molecule has 2 N–H and O–H groups in total. The number of tetrazole rings is 1. The van der Waals surface area contributed by atoms with E-state index >= 15 is 0 Å². The quantitative estimate of drug-likeness (QED) is 0.815. The molecule has 0 saturated heterocycles. The van der Waals surface area contributed by atoms with Crippen molar-refractivity contribution in [3.63, 3.8) is 0 Å². The van der Waals surface area contributed by atoms with Gasteiger partial charge in [-0.1, -0.05) is 11.1 Å². The summed E-state index contributed by atoms with van der Waals surface area (Å²) in [6, 6.07) is 5.39. The van der Waals surface area contributed by atoms with Crippen molar-refractivity contribution in [1.29, 1.82) is 0 Å². The third-order valence-electron chi connectivity index (χ3n) is 4.98. The first kappa shape index (κ1) is 17.8. The minimum absolute atomic E-state index is 0.265. The second-order valence-corrected chi connectivity index (χ2v) is 6.77. The summed E-state index contributed by atoms with van der Waals surface area (Å²) in [5, 5.41) is 23.4. The summed E-state index contributed by atoms with van der Waals surface area (Å²) in [4.78, 5) is 24.3. The van der Waals surface area contributed by atoms with E-state index in [4.69, 9.17) is 0 Å². The van der Waals surface area contributed by atoms with Crippen molar-refractivity contribution >= 4 is 17.6 Å². The van der Waals surface area contributed by atoms with Gasteiger partial charge in [-0.15, -0.1) is 5.10 Å². The average molecular weight is 355 g/mol. The van der Waals surface area contributed by atoms with Crippen molar-refractivity contribution in [2.75, 3.05) is 5.32 Å². The normalized spacial score (nSPS) is 20.1. The van der Waals surface area contributed by atoms with E-state index in [1.807, 2.05) is 32.9 Å². The Morgan fingerprint density at radius 2 is 1.85 bits per heavy atom. The van der Waals surface area contributed by atoms with Crippen LogP contribution in [0.4, 0.5) is 5.69 Å². The highest BCUT2D eigenvalue weighted by Crippen LogP contribution is 2.35. The van der Waals surface area contributed by atoms with E-state index in [9.17, 15) is 14.7 Å². The lowest BCUT2D eigenvalue weighted by atomic mass is 9.76. The number of allylic oxidation sites excluding steroid dienone is 2. The van der Waals surface area contributed by atoms with Crippen LogP contribution in [0.1, 0.15) is 32.3 Å². The molecule has 1 aliphatic rings. The number of aromatic nitrogens is 4. The fourth-order valence-electron chi connectivity index (χ4n) is 3.32. The van der Waals surface area contributed by atoms with Crippen LogP contribution < -0.4 is 5.32 Å². The van der Waals surface area contributed by atoms with Gasteiger partial charge in [-0.05, 0) is 67.8 Å². The van der Waals surface area contributed by atoms with E-state index in [1.54, 1.807) is 10.7 Å². The highest BCUT2D eigenvalue weighted by molar-refractivity contribution is 5.95. The van der Waals surface area contributed by atoms with E-state index in [2.05, 4.69) is 20.8 Å². The standard InChI is InChI=1S/C18H21N5O3/c1-10-7-14(15(18(25)26)8-11(10)2)17(24)20-13-4-5-16(12(3)6-13)23-9-19-21-22-23/h4-6,9,14-15H,7-8H2,1-3H3,(H,20,24)(H,25,26)/t14-,15+/m1/s1. The topological polar surface area (TPSA) is 110 Å². The molecule has 1 amide bonds. The summed E-state index contributed by atoms with van der Waals surface area (Å²) < 4.78 is 1.54. The molecule has 1 aliphatic carbocycles. The Balaban J connectivity index is 1.79. The van der Waals surface area contributed by atoms with Gasteiger partial charge in [0, 0.05) is 5.69 Å². The largest absolute Gasteiger partial charge is 0.481 e. The van der Waals surface area contributed by atoms with E-state index in [-0.39, 0.29) is 5.91 Å². The minimum Gasteiger partial charge on any atom is -0.481 e. The average Bonchev–Trinajstić information content (AvgIpc) is 3.11. The smallest absolute Gasteiger partial charge is 0.307 e. The van der Waals surface area contributed by atoms with Crippen LogP contribution >= 0.6 is 0 Å². The molecule has 8 heteroatoms. The van der Waals surface area contributed by atoms with Gasteiger partial charge in [0.05, 0.1) is 17.5 Å². The molecule has 1 aromatic carbocycles. The molecular weight excluding hydrogens is 334 g/mol. The lowest BCUT2D eigenvalue weighted by molar-refractivity contribution is -0.146. The van der Waals surface area contributed by atoms with Crippen LogP contribution in [-0.2, 0) is 9.59 Å². The molecule has 1 heterocycles. The van der Waals surface area contributed by atoms with Gasteiger partial charge in [-0.3, -0.25) is 9.59 Å². The second-order valence-electron chi connectivity index (χ2n) is 6.77. The second kappa shape index (κ2) is 7.07. The number of nitrogens with one attached hydrogen (secondary N) is 1. The number of rotatable bonds is 4. The zero-order chi connectivity index (χ0) is 18.8. The molecule has 2 aromatic rings. The molecule has 26 heavy (non-hydrogen) atoms. The van der Waals surface area contributed by atoms with Gasteiger partial charge in [0.15, 0.2) is 0 Å². The monoisotopic (exact) mass is 355 g/mol. The predicted molar refractivity (Wildman–Crippen MR) is 94.7 cm³/mol. The molecule has 3 rings (SSSR count). The van der Waals surface area contributed by atoms with Crippen LogP contribution in [0.25, 0.3) is 5.69 Å². The number of hydrogen-bond donors (Lipinski definition) is 2. The predicted octanol–water partition coefficient (Wildman–Crippen LogP) is 2.36. The Morgan fingerprint density at radius 1 is 1.15 bits per heavy atom. The maximum absolute atomic E-state index is 12.7. The van der Waals surface area contributed by atoms with Crippen LogP contribution in [0, 0.1) is 18.8 Å². The van der Waals surface area contributed by atoms with Crippen molar-refractivity contribution in [3.05, 3.63) is 41.2 Å². The van der Waals surface area contributed by atoms with E-state index in [1.165, 1.54) is 6.33 Å². The highest BCUT2D eigenvalue weighted by Gasteiger charge is 2.37. The third-order valence-corrected chi connectivity index (χ3v) is 4.98. The number of hydrogen-bond acceptors (Lipinski definition) is 5. The number of aryl methyl sites for hydroxylation is 1. The minimum atomic E-state index is -0.929. The Morgan fingerprint density at radius 3 is 2.42 bits per heavy atom. The van der Waals surface area contributed by atoms with Crippen LogP contribution in [0.3, 0.4) is 0 Å². The molecule has 2 atom stereocenters. The molecule has 0 aliphatic heterocycles. The van der Waals surface area contributed by atoms with Gasteiger partial charge in [-0.25, -0.2) is 4.68 Å². The van der Waals surface area contributed by atoms with Gasteiger partial charge in [0.25, 0.3) is 0 Å². The molecule has 0 bridgehead atoms. The van der Waals surface area contributed by atoms with Crippen LogP contribution in [0.2, 0.25) is 0 Å². The fourth-order valence-corrected chi connectivity index (χ4v) is 3.32. The lowest BCUT2D eigenvalue weighted by Gasteiger charge is -2.29. The van der Waals surface area contributed by atoms with Crippen LogP contribution in [-0.4, -0.2) is 37.2 Å². The Labute approximate surface area is 150 Å². The number of carboxylic acid groups (broad SMARTS) is 1. The number of carbonyl (C=O) groups is 2. The number of amides is 1. The van der Waals surface area contributed by atoms with Gasteiger partial charge >= 0.3 is 5.97 Å². The maximum Gasteiger partial charge on any atom is 0.307 e. The lowest BCUT2D eigenvalue weighted by Crippen LogP contribution is -2.36. The first-order chi connectivity index (χ1) is 12.4. The maximum atomic E-state index is 12.7. The molecule has 1 aromatic heterocycles. The van der Waals surface area contributed by atoms with Crippen molar-refractivity contribution in [2.24, 2.45) is 11.8 Å². The summed E-state index contributed by atoms with van der Waals surface area (Å²) in [7, 11) is 0. The first-order valence-electron chi connectivity index (χ1n) is 8.39. The SMILES string of the molecule is CC1=C(C)C[C@@H](C(=O)Nc2ccc(-n3cnnn3)c(C)c2)[C@@H](C(=O)O)C1. The van der Waals surface area contributed by atoms with Crippen molar-refractivity contribution in [3.8, 4) is 5.69 Å². The summed E-state index contributed by atoms with van der Waals surface area (Å²) >= 11 is 0. The van der Waals surface area contributed by atoms with Crippen molar-refractivity contribution in [2.45, 2.75) is 33.6 Å². The molecule has 0 saturated carbocycles. The number of carboxylic acids is 1. The molecular formula is C18H21N5O3. The Hall–Kier alpha value is -3.03. The third kappa shape index (κ3) is 3.49. The summed E-state index contributed by atoms with van der Waals surface area (Å²) in [5.74, 6) is -2.46. The zero-order valence-corrected chi connectivity index (χ0v) is 14.9. The van der Waals surface area contributed by atoms with Crippen LogP contribution in [0.15, 0.2) is 35.7 Å². The van der Waals surface area contributed by atoms with E-state index < -0.39 is 17.8 Å². The number of carbonyl (C=O) groups excluding carboxylic acids is 1. The zero-order valence-electron chi connectivity index (χ0n) is 14.9. The number of aliphatic carboxylic acids is 1. The van der Waals surface area contributed by atoms with E-state index in [0.29, 0.717) is 18.5 Å². The molecule has 0 unspecified atom stereocenters. The van der Waals surface area contributed by atoms with Gasteiger partial charge < -0.3 is 10.4 Å². The highest BCUT2D eigenvalue weighted by atomic mass is 16.4. The number of benzene rings is 1. The van der Waals surface area contributed by atoms with E-state index in [0.717, 1.165) is 22.4 Å². The summed E-state index contributed by atoms with van der Waals surface area (Å²) in [5.41, 5.74) is 4.47. The molecule has 0 fully saturated rings. The summed E-state index contributed by atoms with van der Waals surface area (Å²) in [6.45, 7) is 5.78. The molecule has 0 radical (unpaired) electrons. The van der Waals surface area contributed by atoms with Crippen LogP contribution in [0.5, 0.6) is 0 Å². The molecule has 8 nitrogen and oxygen atoms in total. The van der Waals surface area contributed by atoms with Crippen molar-refractivity contribution < 1.29 is 14.7 Å². The summed E-state index contributed by atoms with van der Waals surface area (Å²) in [6.07, 6.45) is 2.38. The van der Waals surface area contributed by atoms with Gasteiger partial charge in [0.2, 0.25) is 5.91 Å².